The second-order valence-corrected chi connectivity index (χ2v) is 4.99. The number of nitrogens with zero attached hydrogens (tertiary/aromatic N) is 1. The van der Waals surface area contributed by atoms with Crippen LogP contribution in [0.25, 0.3) is 0 Å². The van der Waals surface area contributed by atoms with E-state index in [1.807, 2.05) is 24.3 Å². The minimum atomic E-state index is -0.139. The molecular formula is C16H19FN2. The van der Waals surface area contributed by atoms with Gasteiger partial charge in [-0.1, -0.05) is 26.0 Å². The molecule has 0 amide bonds. The van der Waals surface area contributed by atoms with Gasteiger partial charge in [-0.15, -0.1) is 0 Å². The fraction of sp³-hybridized carbons (Fsp3) is 0.312. The molecule has 0 spiro atoms. The lowest BCUT2D eigenvalue weighted by Crippen LogP contribution is -2.21. The van der Waals surface area contributed by atoms with Gasteiger partial charge in [0, 0.05) is 31.4 Å². The van der Waals surface area contributed by atoms with Gasteiger partial charge in [0.2, 0.25) is 0 Å². The summed E-state index contributed by atoms with van der Waals surface area (Å²) in [6, 6.07) is 9.69. The van der Waals surface area contributed by atoms with Crippen LogP contribution < -0.4 is 5.32 Å². The Morgan fingerprint density at radius 2 is 1.84 bits per heavy atom. The summed E-state index contributed by atoms with van der Waals surface area (Å²) in [5.74, 6) is -0.139. The third-order valence-electron chi connectivity index (χ3n) is 2.98. The van der Waals surface area contributed by atoms with Crippen molar-refractivity contribution >= 4 is 0 Å². The fourth-order valence-corrected chi connectivity index (χ4v) is 1.89. The average Bonchev–Trinajstić information content (AvgIpc) is 2.40. The minimum Gasteiger partial charge on any atom is -0.310 e. The number of benzene rings is 1. The molecule has 1 aromatic heterocycles. The Bertz CT molecular complexity index is 524. The normalized spacial score (nSPS) is 10.9. The topological polar surface area (TPSA) is 24.9 Å². The molecule has 0 aliphatic carbocycles. The van der Waals surface area contributed by atoms with Crippen molar-refractivity contribution in [3.05, 3.63) is 65.2 Å². The SMILES string of the molecule is CC(C)NCc1ccc(Cc2ccncc2)c(F)c1. The molecule has 0 fully saturated rings. The quantitative estimate of drug-likeness (QED) is 0.890. The van der Waals surface area contributed by atoms with E-state index in [1.165, 1.54) is 0 Å². The van der Waals surface area contributed by atoms with E-state index in [2.05, 4.69) is 24.1 Å². The molecule has 0 bridgehead atoms. The number of rotatable bonds is 5. The fourth-order valence-electron chi connectivity index (χ4n) is 1.89. The van der Waals surface area contributed by atoms with Gasteiger partial charge in [0.05, 0.1) is 0 Å². The highest BCUT2D eigenvalue weighted by Gasteiger charge is 2.05. The predicted molar refractivity (Wildman–Crippen MR) is 75.4 cm³/mol. The van der Waals surface area contributed by atoms with Crippen LogP contribution in [0.4, 0.5) is 4.39 Å². The van der Waals surface area contributed by atoms with Crippen LogP contribution in [0.1, 0.15) is 30.5 Å². The first-order valence-corrected chi connectivity index (χ1v) is 6.55. The lowest BCUT2D eigenvalue weighted by molar-refractivity contribution is 0.578. The molecule has 0 saturated heterocycles. The highest BCUT2D eigenvalue weighted by atomic mass is 19.1. The summed E-state index contributed by atoms with van der Waals surface area (Å²) in [5.41, 5.74) is 2.77. The summed E-state index contributed by atoms with van der Waals surface area (Å²) in [6.07, 6.45) is 4.06. The third-order valence-corrected chi connectivity index (χ3v) is 2.98. The van der Waals surface area contributed by atoms with Crippen LogP contribution in [-0.2, 0) is 13.0 Å². The average molecular weight is 258 g/mol. The molecule has 100 valence electrons. The molecule has 1 N–H and O–H groups in total. The second-order valence-electron chi connectivity index (χ2n) is 4.99. The zero-order valence-electron chi connectivity index (χ0n) is 11.4. The number of aromatic nitrogens is 1. The van der Waals surface area contributed by atoms with Crippen LogP contribution in [0.3, 0.4) is 0 Å². The zero-order chi connectivity index (χ0) is 13.7. The van der Waals surface area contributed by atoms with Crippen molar-refractivity contribution in [3.8, 4) is 0 Å². The molecule has 2 aromatic rings. The smallest absolute Gasteiger partial charge is 0.127 e. The molecule has 2 rings (SSSR count). The van der Waals surface area contributed by atoms with Crippen molar-refractivity contribution in [2.45, 2.75) is 32.9 Å². The third kappa shape index (κ3) is 4.14. The van der Waals surface area contributed by atoms with Gasteiger partial charge >= 0.3 is 0 Å². The molecule has 0 atom stereocenters. The van der Waals surface area contributed by atoms with Crippen LogP contribution in [0.5, 0.6) is 0 Å². The van der Waals surface area contributed by atoms with Gasteiger partial charge in [0.15, 0.2) is 0 Å². The molecule has 0 unspecified atom stereocenters. The van der Waals surface area contributed by atoms with Gasteiger partial charge in [-0.05, 0) is 34.9 Å². The highest BCUT2D eigenvalue weighted by Crippen LogP contribution is 2.15. The Balaban J connectivity index is 2.07. The van der Waals surface area contributed by atoms with Crippen LogP contribution in [0.15, 0.2) is 42.7 Å². The van der Waals surface area contributed by atoms with Gasteiger partial charge in [0.1, 0.15) is 5.82 Å². The number of pyridine rings is 1. The minimum absolute atomic E-state index is 0.139. The van der Waals surface area contributed by atoms with E-state index in [-0.39, 0.29) is 5.82 Å². The largest absolute Gasteiger partial charge is 0.310 e. The van der Waals surface area contributed by atoms with Gasteiger partial charge < -0.3 is 5.32 Å². The Hall–Kier alpha value is -1.74. The van der Waals surface area contributed by atoms with Crippen LogP contribution in [0.2, 0.25) is 0 Å². The molecule has 0 radical (unpaired) electrons. The van der Waals surface area contributed by atoms with Crippen LogP contribution in [0, 0.1) is 5.82 Å². The van der Waals surface area contributed by atoms with Crippen molar-refractivity contribution in [1.29, 1.82) is 0 Å². The van der Waals surface area contributed by atoms with Gasteiger partial charge in [-0.3, -0.25) is 4.98 Å². The Morgan fingerprint density at radius 3 is 2.47 bits per heavy atom. The van der Waals surface area contributed by atoms with E-state index < -0.39 is 0 Å². The highest BCUT2D eigenvalue weighted by molar-refractivity contribution is 5.29. The molecule has 2 nitrogen and oxygen atoms in total. The molecular weight excluding hydrogens is 239 g/mol. The maximum Gasteiger partial charge on any atom is 0.127 e. The number of nitrogens with one attached hydrogen (secondary N) is 1. The van der Waals surface area contributed by atoms with Crippen molar-refractivity contribution in [2.24, 2.45) is 0 Å². The maximum absolute atomic E-state index is 14.0. The molecule has 0 aliphatic heterocycles. The number of hydrogen-bond donors (Lipinski definition) is 1. The van der Waals surface area contributed by atoms with E-state index in [1.54, 1.807) is 18.5 Å². The van der Waals surface area contributed by atoms with Crippen molar-refractivity contribution in [3.63, 3.8) is 0 Å². The number of halogens is 1. The lowest BCUT2D eigenvalue weighted by Gasteiger charge is -2.10. The monoisotopic (exact) mass is 258 g/mol. The van der Waals surface area contributed by atoms with Crippen LogP contribution >= 0.6 is 0 Å². The first-order chi connectivity index (χ1) is 9.15. The van der Waals surface area contributed by atoms with Crippen molar-refractivity contribution < 1.29 is 4.39 Å². The first-order valence-electron chi connectivity index (χ1n) is 6.55. The van der Waals surface area contributed by atoms with E-state index in [4.69, 9.17) is 0 Å². The number of hydrogen-bond acceptors (Lipinski definition) is 2. The predicted octanol–water partition coefficient (Wildman–Crippen LogP) is 3.31. The summed E-state index contributed by atoms with van der Waals surface area (Å²) < 4.78 is 14.0. The van der Waals surface area contributed by atoms with E-state index in [0.29, 0.717) is 19.0 Å². The summed E-state index contributed by atoms with van der Waals surface area (Å²) >= 11 is 0. The zero-order valence-corrected chi connectivity index (χ0v) is 11.4. The first kappa shape index (κ1) is 13.7. The van der Waals surface area contributed by atoms with Gasteiger partial charge in [-0.25, -0.2) is 4.39 Å². The standard InChI is InChI=1S/C16H19FN2/c1-12(2)19-11-14-3-4-15(16(17)10-14)9-13-5-7-18-8-6-13/h3-8,10,12,19H,9,11H2,1-2H3. The molecule has 3 heteroatoms. The van der Waals surface area contributed by atoms with Crippen LogP contribution in [-0.4, -0.2) is 11.0 Å². The molecule has 1 heterocycles. The van der Waals surface area contributed by atoms with E-state index in [0.717, 1.165) is 16.7 Å². The maximum atomic E-state index is 14.0. The summed E-state index contributed by atoms with van der Waals surface area (Å²) in [5, 5.41) is 3.28. The molecule has 1 aromatic carbocycles. The molecule has 0 aliphatic rings. The molecule has 0 saturated carbocycles. The van der Waals surface area contributed by atoms with Crippen molar-refractivity contribution in [1.82, 2.24) is 10.3 Å². The molecule has 19 heavy (non-hydrogen) atoms. The Labute approximate surface area is 113 Å². The van der Waals surface area contributed by atoms with E-state index in [9.17, 15) is 4.39 Å². The Morgan fingerprint density at radius 1 is 1.11 bits per heavy atom. The lowest BCUT2D eigenvalue weighted by atomic mass is 10.0. The summed E-state index contributed by atoms with van der Waals surface area (Å²) in [4.78, 5) is 3.96. The summed E-state index contributed by atoms with van der Waals surface area (Å²) in [7, 11) is 0. The van der Waals surface area contributed by atoms with Gasteiger partial charge in [0.25, 0.3) is 0 Å². The second kappa shape index (κ2) is 6.43. The van der Waals surface area contributed by atoms with E-state index >= 15 is 0 Å². The Kier molecular flexibility index (Phi) is 4.63. The summed E-state index contributed by atoms with van der Waals surface area (Å²) in [6.45, 7) is 4.85. The van der Waals surface area contributed by atoms with Gasteiger partial charge in [-0.2, -0.15) is 0 Å². The van der Waals surface area contributed by atoms with Crippen molar-refractivity contribution in [2.75, 3.05) is 0 Å².